The van der Waals surface area contributed by atoms with E-state index in [0.29, 0.717) is 64.2 Å². The summed E-state index contributed by atoms with van der Waals surface area (Å²) in [6.07, 6.45) is 10.6. The minimum Gasteiger partial charge on any atom is -0.364 e. The maximum absolute atomic E-state index is 12.7. The summed E-state index contributed by atoms with van der Waals surface area (Å²) in [5.41, 5.74) is 16.3. The average molecular weight is 984 g/mol. The first-order chi connectivity index (χ1) is 34.1. The molecular weight excluding hydrogens is 928 g/mol. The molecule has 71 heavy (non-hydrogen) atoms. The molecule has 2 aromatic carbocycles. The van der Waals surface area contributed by atoms with E-state index in [-0.39, 0.29) is 40.8 Å². The molecule has 2 fully saturated rings. The van der Waals surface area contributed by atoms with Crippen molar-refractivity contribution >= 4 is 58.0 Å². The molecule has 6 heterocycles. The van der Waals surface area contributed by atoms with E-state index in [1.165, 1.54) is 10.8 Å². The van der Waals surface area contributed by atoms with E-state index < -0.39 is 23.1 Å². The Bertz CT molecular complexity index is 2960. The second-order valence-corrected chi connectivity index (χ2v) is 16.6. The fraction of sp³-hybridized carbons (Fsp3) is 0.240. The lowest BCUT2D eigenvalue weighted by Gasteiger charge is -2.22. The first kappa shape index (κ1) is 51.9. The van der Waals surface area contributed by atoms with Crippen molar-refractivity contribution in [2.45, 2.75) is 64.5 Å². The SMILES string of the molecule is C=CC(=O)Cl.C=CC(=O)N1CCC[C@H]1c1nc(-c2ccc(C(=O)Nc3cc(CC)ccn3)cc2)c(C(N)=O)n1N.CCc1ccnc(NC(=O)c2ccc(-c3nc([C@@H]4CCCN4)n(N)c3C(N)=O)cc2)c1. The topological polar surface area (TPSA) is 307 Å². The molecule has 0 aliphatic carbocycles. The number of nitrogen functional groups attached to an aromatic ring is 2. The predicted octanol–water partition coefficient (Wildman–Crippen LogP) is 5.36. The van der Waals surface area contributed by atoms with Crippen molar-refractivity contribution in [2.75, 3.05) is 35.4 Å². The molecular formula is C50H55ClN14O6. The first-order valence-corrected chi connectivity index (χ1v) is 23.0. The van der Waals surface area contributed by atoms with Crippen LogP contribution in [0, 0.1) is 0 Å². The Labute approximate surface area is 414 Å². The fourth-order valence-electron chi connectivity index (χ4n) is 8.04. The van der Waals surface area contributed by atoms with Crippen LogP contribution >= 0.6 is 11.6 Å². The number of carbonyl (C=O) groups is 6. The number of nitrogens with one attached hydrogen (secondary N) is 3. The van der Waals surface area contributed by atoms with Gasteiger partial charge in [0, 0.05) is 41.2 Å². The molecule has 6 aromatic rings. The van der Waals surface area contributed by atoms with Gasteiger partial charge in [-0.05, 0) is 128 Å². The molecule has 5 amide bonds. The summed E-state index contributed by atoms with van der Waals surface area (Å²) >= 11 is 4.71. The van der Waals surface area contributed by atoms with Crippen LogP contribution in [-0.4, -0.2) is 82.1 Å². The molecule has 11 N–H and O–H groups in total. The lowest BCUT2D eigenvalue weighted by Crippen LogP contribution is -2.32. The minimum atomic E-state index is -0.746. The van der Waals surface area contributed by atoms with Crippen LogP contribution in [0.3, 0.4) is 0 Å². The molecule has 0 bridgehead atoms. The van der Waals surface area contributed by atoms with Crippen molar-refractivity contribution in [3.05, 3.63) is 156 Å². The van der Waals surface area contributed by atoms with E-state index in [9.17, 15) is 28.8 Å². The van der Waals surface area contributed by atoms with Crippen LogP contribution in [0.2, 0.25) is 0 Å². The maximum atomic E-state index is 12.7. The van der Waals surface area contributed by atoms with E-state index in [1.807, 2.05) is 38.1 Å². The number of amides is 5. The Balaban J connectivity index is 0.000000213. The smallest absolute Gasteiger partial charge is 0.269 e. The molecule has 2 aliphatic rings. The number of primary amides is 2. The number of aryl methyl sites for hydroxylation is 2. The monoisotopic (exact) mass is 982 g/mol. The second kappa shape index (κ2) is 23.7. The number of imidazole rings is 2. The molecule has 21 heteroatoms. The zero-order valence-corrected chi connectivity index (χ0v) is 40.0. The number of nitrogens with zero attached hydrogens (tertiary/aromatic N) is 7. The van der Waals surface area contributed by atoms with Gasteiger partial charge in [-0.1, -0.05) is 51.3 Å². The van der Waals surface area contributed by atoms with Gasteiger partial charge in [-0.2, -0.15) is 0 Å². The van der Waals surface area contributed by atoms with Gasteiger partial charge in [-0.15, -0.1) is 0 Å². The van der Waals surface area contributed by atoms with Crippen molar-refractivity contribution < 1.29 is 28.8 Å². The number of allylic oxidation sites excluding steroid dienone is 1. The number of nitrogens with two attached hydrogens (primary N) is 4. The highest BCUT2D eigenvalue weighted by Crippen LogP contribution is 2.35. The number of benzene rings is 2. The second-order valence-electron chi connectivity index (χ2n) is 16.2. The van der Waals surface area contributed by atoms with Crippen molar-refractivity contribution in [1.82, 2.24) is 39.5 Å². The number of carbonyl (C=O) groups excluding carboxylic acids is 6. The zero-order valence-electron chi connectivity index (χ0n) is 39.2. The van der Waals surface area contributed by atoms with Crippen LogP contribution in [0.5, 0.6) is 0 Å². The first-order valence-electron chi connectivity index (χ1n) is 22.7. The number of aromatic nitrogens is 6. The molecule has 0 saturated carbocycles. The van der Waals surface area contributed by atoms with Gasteiger partial charge in [0.25, 0.3) is 23.6 Å². The van der Waals surface area contributed by atoms with Crippen LogP contribution in [0.25, 0.3) is 22.5 Å². The van der Waals surface area contributed by atoms with E-state index in [0.717, 1.165) is 60.5 Å². The van der Waals surface area contributed by atoms with Crippen molar-refractivity contribution in [2.24, 2.45) is 11.5 Å². The Hall–Kier alpha value is -8.49. The van der Waals surface area contributed by atoms with Crippen molar-refractivity contribution in [3.63, 3.8) is 0 Å². The Kier molecular flexibility index (Phi) is 17.3. The van der Waals surface area contributed by atoms with E-state index >= 15 is 0 Å². The van der Waals surface area contributed by atoms with Gasteiger partial charge in [0.1, 0.15) is 28.8 Å². The molecule has 0 radical (unpaired) electrons. The van der Waals surface area contributed by atoms with Crippen LogP contribution in [0.1, 0.15) is 116 Å². The van der Waals surface area contributed by atoms with Gasteiger partial charge in [0.2, 0.25) is 11.1 Å². The number of rotatable bonds is 14. The summed E-state index contributed by atoms with van der Waals surface area (Å²) in [5.74, 6) is 12.1. The van der Waals surface area contributed by atoms with E-state index in [2.05, 4.69) is 49.0 Å². The third-order valence-corrected chi connectivity index (χ3v) is 11.8. The van der Waals surface area contributed by atoms with Gasteiger partial charge < -0.3 is 44.0 Å². The van der Waals surface area contributed by atoms with Crippen molar-refractivity contribution in [1.29, 1.82) is 0 Å². The third-order valence-electron chi connectivity index (χ3n) is 11.7. The highest BCUT2D eigenvalue weighted by molar-refractivity contribution is 6.66. The minimum absolute atomic E-state index is 0.0201. The lowest BCUT2D eigenvalue weighted by atomic mass is 10.1. The fourth-order valence-corrected chi connectivity index (χ4v) is 8.04. The summed E-state index contributed by atoms with van der Waals surface area (Å²) in [6.45, 7) is 12.1. The zero-order chi connectivity index (χ0) is 51.4. The van der Waals surface area contributed by atoms with Crippen molar-refractivity contribution in [3.8, 4) is 22.5 Å². The van der Waals surface area contributed by atoms with Crippen LogP contribution in [-0.2, 0) is 22.4 Å². The average Bonchev–Trinajstić information content (AvgIpc) is 4.21. The molecule has 368 valence electrons. The summed E-state index contributed by atoms with van der Waals surface area (Å²) < 4.78 is 2.43. The highest BCUT2D eigenvalue weighted by atomic mass is 35.5. The standard InChI is InChI=1S/C25H27N7O3.C22H25N7O2.C3H3ClO/c1-3-15-11-12-28-19(14-15)29-25(35)17-9-7-16(8-10-17)21-22(23(26)34)32(27)24(30-21)18-6-5-13-31(18)20(33)4-2;1-2-13-9-11-26-17(12-13)27-22(31)15-7-5-14(6-8-15)18-19(20(23)30)29(24)21(28-18)16-4-3-10-25-16;1-2-3(4)5/h4,7-12,14,18H,2-3,5-6,13,27H2,1H3,(H2,26,34)(H,28,29,35);5-9,11-12,16,25H,2-4,10,24H2,1H3,(H2,23,30)(H,26,27,31);2H,1H2/t18-;16-;/m00./s1. The van der Waals surface area contributed by atoms with Crippen LogP contribution in [0.15, 0.2) is 111 Å². The number of hydrogen-bond acceptors (Lipinski definition) is 13. The summed E-state index contributed by atoms with van der Waals surface area (Å²) in [4.78, 5) is 90.5. The molecule has 0 unspecified atom stereocenters. The Morgan fingerprint density at radius 2 is 1.17 bits per heavy atom. The third kappa shape index (κ3) is 12.4. The molecule has 2 aliphatic heterocycles. The van der Waals surface area contributed by atoms with Gasteiger partial charge in [-0.3, -0.25) is 28.8 Å². The van der Waals surface area contributed by atoms with Crippen LogP contribution < -0.4 is 39.1 Å². The quantitative estimate of drug-likeness (QED) is 0.0412. The summed E-state index contributed by atoms with van der Waals surface area (Å²) in [6, 6.07) is 20.4. The number of hydrogen-bond donors (Lipinski definition) is 7. The molecule has 4 aromatic heterocycles. The highest BCUT2D eigenvalue weighted by Gasteiger charge is 2.35. The number of pyridine rings is 2. The predicted molar refractivity (Wildman–Crippen MR) is 271 cm³/mol. The number of halogens is 1. The van der Waals surface area contributed by atoms with Gasteiger partial charge in [-0.25, -0.2) is 29.3 Å². The van der Waals surface area contributed by atoms with Crippen LogP contribution in [0.4, 0.5) is 11.6 Å². The molecule has 2 atom stereocenters. The molecule has 0 spiro atoms. The van der Waals surface area contributed by atoms with Gasteiger partial charge in [0.15, 0.2) is 17.2 Å². The maximum Gasteiger partial charge on any atom is 0.269 e. The lowest BCUT2D eigenvalue weighted by molar-refractivity contribution is -0.127. The summed E-state index contributed by atoms with van der Waals surface area (Å²) in [7, 11) is 0. The normalized spacial score (nSPS) is 14.8. The number of anilines is 2. The van der Waals surface area contributed by atoms with Gasteiger partial charge in [0.05, 0.1) is 12.1 Å². The molecule has 8 rings (SSSR count). The summed E-state index contributed by atoms with van der Waals surface area (Å²) in [5, 5.41) is 8.40. The molecule has 2 saturated heterocycles. The Morgan fingerprint density at radius 1 is 0.704 bits per heavy atom. The largest absolute Gasteiger partial charge is 0.364 e. The Morgan fingerprint density at radius 3 is 1.58 bits per heavy atom. The van der Waals surface area contributed by atoms with Gasteiger partial charge >= 0.3 is 0 Å². The van der Waals surface area contributed by atoms with E-state index in [4.69, 9.17) is 34.8 Å². The van der Waals surface area contributed by atoms with E-state index in [1.54, 1.807) is 65.8 Å². The molecule has 20 nitrogen and oxygen atoms in total. The number of likely N-dealkylation sites (tertiary alicyclic amines) is 1.